The van der Waals surface area contributed by atoms with Crippen LogP contribution >= 0.6 is 0 Å². The highest BCUT2D eigenvalue weighted by Crippen LogP contribution is 2.38. The number of hydrogen-bond acceptors (Lipinski definition) is 5. The first-order chi connectivity index (χ1) is 23.3. The lowest BCUT2D eigenvalue weighted by molar-refractivity contribution is 1.07. The predicted molar refractivity (Wildman–Crippen MR) is 189 cm³/mol. The lowest BCUT2D eigenvalue weighted by atomic mass is 9.96. The summed E-state index contributed by atoms with van der Waals surface area (Å²) in [5, 5.41) is 0.948. The van der Waals surface area contributed by atoms with Crippen molar-refractivity contribution in [3.63, 3.8) is 0 Å². The number of aromatic nitrogens is 6. The van der Waals surface area contributed by atoms with E-state index in [9.17, 15) is 0 Å². The Morgan fingerprint density at radius 3 is 1.49 bits per heavy atom. The monoisotopic (exact) mass is 602 g/mol. The largest absolute Gasteiger partial charge is 0.276 e. The fraction of sp³-hybridized carbons (Fsp3) is 0. The number of benzene rings is 6. The van der Waals surface area contributed by atoms with E-state index in [0.717, 1.165) is 66.8 Å². The first kappa shape index (κ1) is 26.8. The van der Waals surface area contributed by atoms with Crippen LogP contribution in [0.5, 0.6) is 0 Å². The van der Waals surface area contributed by atoms with E-state index in [2.05, 4.69) is 65.1 Å². The maximum atomic E-state index is 5.33. The molecule has 0 radical (unpaired) electrons. The molecule has 0 N–H and O–H groups in total. The van der Waals surface area contributed by atoms with Gasteiger partial charge in [0, 0.05) is 27.6 Å². The van der Waals surface area contributed by atoms with Gasteiger partial charge in [0.1, 0.15) is 11.5 Å². The lowest BCUT2D eigenvalue weighted by Gasteiger charge is -2.15. The van der Waals surface area contributed by atoms with Crippen LogP contribution in [0.1, 0.15) is 0 Å². The molecule has 9 aromatic rings. The summed E-state index contributed by atoms with van der Waals surface area (Å²) in [4.78, 5) is 25.6. The van der Waals surface area contributed by atoms with Crippen LogP contribution in [-0.2, 0) is 0 Å². The molecule has 6 nitrogen and oxygen atoms in total. The molecule has 0 aliphatic heterocycles. The minimum absolute atomic E-state index is 0.579. The van der Waals surface area contributed by atoms with Crippen LogP contribution in [0.3, 0.4) is 0 Å². The molecule has 0 saturated carbocycles. The third kappa shape index (κ3) is 4.71. The summed E-state index contributed by atoms with van der Waals surface area (Å²) in [6.45, 7) is 0. The highest BCUT2D eigenvalue weighted by atomic mass is 15.1. The second kappa shape index (κ2) is 11.1. The van der Waals surface area contributed by atoms with Crippen molar-refractivity contribution >= 4 is 27.6 Å². The van der Waals surface area contributed by atoms with Gasteiger partial charge in [0.15, 0.2) is 17.5 Å². The molecule has 0 aliphatic carbocycles. The van der Waals surface area contributed by atoms with E-state index in [-0.39, 0.29) is 0 Å². The quantitative estimate of drug-likeness (QED) is 0.196. The van der Waals surface area contributed by atoms with E-state index >= 15 is 0 Å². The first-order valence-electron chi connectivity index (χ1n) is 15.5. The molecule has 0 unspecified atom stereocenters. The van der Waals surface area contributed by atoms with E-state index in [1.54, 1.807) is 0 Å². The zero-order valence-corrected chi connectivity index (χ0v) is 25.2. The smallest absolute Gasteiger partial charge is 0.164 e. The van der Waals surface area contributed by atoms with E-state index in [1.165, 1.54) is 0 Å². The van der Waals surface area contributed by atoms with Gasteiger partial charge in [-0.2, -0.15) is 0 Å². The SMILES string of the molecule is c1ccc(-c2nc(-c3ccccc3)nc(-c3cc4nc(-c5ccccc5)n5c6ccccc6nc5c4cc3-c3ccccc3)n2)cc1. The van der Waals surface area contributed by atoms with Gasteiger partial charge in [0.2, 0.25) is 0 Å². The summed E-state index contributed by atoms with van der Waals surface area (Å²) in [6, 6.07) is 53.3. The van der Waals surface area contributed by atoms with Crippen LogP contribution in [-0.4, -0.2) is 29.3 Å². The minimum Gasteiger partial charge on any atom is -0.276 e. The summed E-state index contributed by atoms with van der Waals surface area (Å²) < 4.78 is 2.17. The fourth-order valence-corrected chi connectivity index (χ4v) is 6.20. The minimum atomic E-state index is 0.579. The number of fused-ring (bicyclic) bond motifs is 5. The molecular formula is C41H26N6. The third-order valence-electron chi connectivity index (χ3n) is 8.43. The van der Waals surface area contributed by atoms with Gasteiger partial charge in [-0.05, 0) is 35.4 Å². The molecule has 9 rings (SSSR count). The Hall–Kier alpha value is -6.53. The molecule has 0 fully saturated rings. The normalized spacial score (nSPS) is 11.4. The van der Waals surface area contributed by atoms with E-state index in [0.29, 0.717) is 17.5 Å². The van der Waals surface area contributed by atoms with Gasteiger partial charge in [0.25, 0.3) is 0 Å². The molecule has 6 aromatic carbocycles. The van der Waals surface area contributed by atoms with Gasteiger partial charge in [-0.15, -0.1) is 0 Å². The van der Waals surface area contributed by atoms with Gasteiger partial charge in [-0.3, -0.25) is 4.40 Å². The number of para-hydroxylation sites is 2. The highest BCUT2D eigenvalue weighted by molar-refractivity contribution is 6.03. The molecule has 0 amide bonds. The maximum Gasteiger partial charge on any atom is 0.164 e. The fourth-order valence-electron chi connectivity index (χ4n) is 6.20. The number of rotatable bonds is 5. The number of hydrogen-bond donors (Lipinski definition) is 0. The third-order valence-corrected chi connectivity index (χ3v) is 8.43. The predicted octanol–water partition coefficient (Wildman–Crippen LogP) is 9.56. The van der Waals surface area contributed by atoms with Gasteiger partial charge >= 0.3 is 0 Å². The summed E-state index contributed by atoms with van der Waals surface area (Å²) >= 11 is 0. The van der Waals surface area contributed by atoms with Crippen molar-refractivity contribution in [2.24, 2.45) is 0 Å². The first-order valence-corrected chi connectivity index (χ1v) is 15.5. The Balaban J connectivity index is 1.39. The van der Waals surface area contributed by atoms with Gasteiger partial charge < -0.3 is 0 Å². The van der Waals surface area contributed by atoms with Gasteiger partial charge in [-0.25, -0.2) is 24.9 Å². The van der Waals surface area contributed by atoms with Crippen molar-refractivity contribution in [3.05, 3.63) is 158 Å². The Morgan fingerprint density at radius 2 is 0.872 bits per heavy atom. The Morgan fingerprint density at radius 1 is 0.362 bits per heavy atom. The molecule has 0 spiro atoms. The van der Waals surface area contributed by atoms with Crippen LogP contribution in [0.4, 0.5) is 0 Å². The van der Waals surface area contributed by atoms with Gasteiger partial charge in [0.05, 0.1) is 16.6 Å². The topological polar surface area (TPSA) is 68.9 Å². The van der Waals surface area contributed by atoms with Crippen LogP contribution in [0.25, 0.3) is 84.3 Å². The molecule has 6 heteroatoms. The van der Waals surface area contributed by atoms with Crippen LogP contribution in [0, 0.1) is 0 Å². The van der Waals surface area contributed by atoms with Crippen molar-refractivity contribution in [2.75, 3.05) is 0 Å². The maximum absolute atomic E-state index is 5.33. The second-order valence-electron chi connectivity index (χ2n) is 11.4. The van der Waals surface area contributed by atoms with Crippen LogP contribution in [0.2, 0.25) is 0 Å². The molecule has 0 bridgehead atoms. The molecule has 47 heavy (non-hydrogen) atoms. The Kier molecular flexibility index (Phi) is 6.35. The molecule has 0 saturated heterocycles. The summed E-state index contributed by atoms with van der Waals surface area (Å²) in [5.41, 5.74) is 9.35. The van der Waals surface area contributed by atoms with Crippen molar-refractivity contribution in [1.82, 2.24) is 29.3 Å². The van der Waals surface area contributed by atoms with E-state index in [4.69, 9.17) is 24.9 Å². The summed E-state index contributed by atoms with van der Waals surface area (Å²) in [6.07, 6.45) is 0. The van der Waals surface area contributed by atoms with Crippen molar-refractivity contribution in [3.8, 4) is 56.7 Å². The lowest BCUT2D eigenvalue weighted by Crippen LogP contribution is -2.02. The van der Waals surface area contributed by atoms with Crippen molar-refractivity contribution in [2.45, 2.75) is 0 Å². The van der Waals surface area contributed by atoms with Gasteiger partial charge in [-0.1, -0.05) is 133 Å². The zero-order valence-electron chi connectivity index (χ0n) is 25.2. The molecular weight excluding hydrogens is 576 g/mol. The average Bonchev–Trinajstić information content (AvgIpc) is 3.55. The van der Waals surface area contributed by atoms with E-state index < -0.39 is 0 Å². The number of imidazole rings is 1. The van der Waals surface area contributed by atoms with Crippen molar-refractivity contribution < 1.29 is 0 Å². The summed E-state index contributed by atoms with van der Waals surface area (Å²) in [7, 11) is 0. The molecule has 0 aliphatic rings. The van der Waals surface area contributed by atoms with Crippen LogP contribution in [0.15, 0.2) is 158 Å². The Labute approximate surface area is 270 Å². The molecule has 3 aromatic heterocycles. The average molecular weight is 603 g/mol. The van der Waals surface area contributed by atoms with Crippen molar-refractivity contribution in [1.29, 1.82) is 0 Å². The second-order valence-corrected chi connectivity index (χ2v) is 11.4. The molecule has 0 atom stereocenters. The summed E-state index contributed by atoms with van der Waals surface area (Å²) in [5.74, 6) is 2.63. The van der Waals surface area contributed by atoms with Crippen LogP contribution < -0.4 is 0 Å². The van der Waals surface area contributed by atoms with E-state index in [1.807, 2.05) is 97.1 Å². The highest BCUT2D eigenvalue weighted by Gasteiger charge is 2.21. The number of nitrogens with zero attached hydrogens (tertiary/aromatic N) is 6. The zero-order chi connectivity index (χ0) is 31.2. The molecule has 3 heterocycles. The standard InChI is InChI=1S/C41H26N6/c1-5-15-27(16-6-1)31-25-33-35(43-40(30-21-11-4-12-22-30)47-36-24-14-13-23-34(36)42-41(33)47)26-32(31)39-45-37(28-17-7-2-8-18-28)44-38(46-39)29-19-9-3-10-20-29/h1-26H. The Bertz CT molecular complexity index is 2490. The molecule has 220 valence electrons.